The first kappa shape index (κ1) is 41.1. The van der Waals surface area contributed by atoms with Gasteiger partial charge in [-0.15, -0.1) is 0 Å². The van der Waals surface area contributed by atoms with Crippen LogP contribution in [0.25, 0.3) is 0 Å². The van der Waals surface area contributed by atoms with Crippen LogP contribution in [0.15, 0.2) is 68.5 Å². The molecule has 9 heteroatoms. The van der Waals surface area contributed by atoms with Crippen molar-refractivity contribution in [3.8, 4) is 0 Å². The van der Waals surface area contributed by atoms with Crippen molar-refractivity contribution < 1.29 is 34.2 Å². The van der Waals surface area contributed by atoms with Gasteiger partial charge >= 0.3 is 310 Å². The zero-order valence-electron chi connectivity index (χ0n) is 32.2. The quantitative estimate of drug-likeness (QED) is 0.0803. The van der Waals surface area contributed by atoms with E-state index in [1.54, 1.807) is 10.0 Å². The van der Waals surface area contributed by atoms with Crippen LogP contribution in [-0.2, 0) is 16.6 Å². The molecular weight excluding hydrogens is 684 g/mol. The van der Waals surface area contributed by atoms with Crippen LogP contribution in [0.3, 0.4) is 0 Å². The van der Waals surface area contributed by atoms with E-state index in [0.29, 0.717) is 46.8 Å². The Balaban J connectivity index is 2.04. The first-order valence-corrected chi connectivity index (χ1v) is 22.1. The Morgan fingerprint density at radius 2 is 1.02 bits per heavy atom. The van der Waals surface area contributed by atoms with Gasteiger partial charge in [0.1, 0.15) is 0 Å². The molecule has 2 aliphatic rings. The molecule has 2 aliphatic carbocycles. The molecule has 0 fully saturated rings. The molecule has 0 saturated heterocycles. The Morgan fingerprint density at radius 3 is 1.33 bits per heavy atom. The monoisotopic (exact) mass is 744 g/mol. The minimum atomic E-state index is -5.03. The molecule has 51 heavy (non-hydrogen) atoms. The Morgan fingerprint density at radius 1 is 0.627 bits per heavy atom. The zero-order valence-corrected chi connectivity index (χ0v) is 33.7. The number of hydrogen-bond donors (Lipinski definition) is 2. The Kier molecular flexibility index (Phi) is 14.4. The normalized spacial score (nSPS) is 14.7. The summed E-state index contributed by atoms with van der Waals surface area (Å²) < 4.78 is 70.2. The van der Waals surface area contributed by atoms with Crippen molar-refractivity contribution in [2.24, 2.45) is 10.8 Å². The van der Waals surface area contributed by atoms with Crippen LogP contribution in [0.4, 0.5) is 28.9 Å². The van der Waals surface area contributed by atoms with Gasteiger partial charge in [-0.05, 0) is 0 Å². The average Bonchev–Trinajstić information content (AvgIpc) is 3.85. The molecule has 280 valence electrons. The van der Waals surface area contributed by atoms with Gasteiger partial charge in [0.25, 0.3) is 0 Å². The number of hydrogen-bond acceptors (Lipinski definition) is 4. The maximum absolute atomic E-state index is 17.7. The molecule has 0 heterocycles. The third kappa shape index (κ3) is 9.12. The number of allylic oxidation sites excluding steroid dienone is 8. The van der Waals surface area contributed by atoms with Gasteiger partial charge in [0.05, 0.1) is 0 Å². The molecule has 0 aliphatic heterocycles. The molecule has 0 amide bonds. The summed E-state index contributed by atoms with van der Waals surface area (Å²) >= 11 is -5.03. The molecule has 4 nitrogen and oxygen atoms in total. The van der Waals surface area contributed by atoms with Crippen LogP contribution in [0.2, 0.25) is 0 Å². The SMILES string of the molecule is CCCCN(NCC(C)(C)CC)c1ccc(F)[c]([Ti]([C]2=CC=CC2)([C]2=CC=CC2)[c]2c(F)ccc(N(CCCC)NCC(C)(C)CC)c2F)c1F. The van der Waals surface area contributed by atoms with Gasteiger partial charge in [-0.3, -0.25) is 0 Å². The van der Waals surface area contributed by atoms with E-state index in [2.05, 4.69) is 66.2 Å². The van der Waals surface area contributed by atoms with Crippen molar-refractivity contribution >= 4 is 19.1 Å². The number of benzene rings is 2. The fourth-order valence-corrected chi connectivity index (χ4v) is 14.9. The van der Waals surface area contributed by atoms with E-state index in [4.69, 9.17) is 0 Å². The van der Waals surface area contributed by atoms with E-state index >= 15 is 17.6 Å². The molecular formula is C42H60F4N4Ti. The van der Waals surface area contributed by atoms with E-state index < -0.39 is 39.9 Å². The van der Waals surface area contributed by atoms with E-state index in [1.165, 1.54) is 24.3 Å². The molecule has 0 atom stereocenters. The van der Waals surface area contributed by atoms with Crippen LogP contribution < -0.4 is 28.6 Å². The predicted molar refractivity (Wildman–Crippen MR) is 204 cm³/mol. The van der Waals surface area contributed by atoms with Crippen LogP contribution >= 0.6 is 0 Å². The Hall–Kier alpha value is -2.65. The molecule has 2 aromatic rings. The fourth-order valence-electron chi connectivity index (χ4n) is 6.68. The minimum absolute atomic E-state index is 0.0667. The predicted octanol–water partition coefficient (Wildman–Crippen LogP) is 10.1. The number of unbranched alkanes of at least 4 members (excludes halogenated alkanes) is 2. The summed E-state index contributed by atoms with van der Waals surface area (Å²) in [4.78, 5) is 0. The summed E-state index contributed by atoms with van der Waals surface area (Å²) in [5, 5.41) is 3.56. The molecule has 4 rings (SSSR count). The van der Waals surface area contributed by atoms with Gasteiger partial charge in [0.2, 0.25) is 0 Å². The number of halogens is 4. The van der Waals surface area contributed by atoms with Gasteiger partial charge in [-0.1, -0.05) is 0 Å². The molecule has 0 unspecified atom stereocenters. The Bertz CT molecular complexity index is 1510. The molecule has 0 spiro atoms. The fraction of sp³-hybridized carbons (Fsp3) is 0.524. The van der Waals surface area contributed by atoms with Crippen LogP contribution in [0.5, 0.6) is 0 Å². The number of nitrogens with one attached hydrogen (secondary N) is 2. The summed E-state index contributed by atoms with van der Waals surface area (Å²) in [7, 11) is 0. The first-order chi connectivity index (χ1) is 24.3. The standard InChI is InChI=1S/2C16H25F2N2.2C5H5.Ti/c2*1-5-7-10-20(19-12-16(3,4)6-2)15-9-8-13(17)11-14(15)18;2*1-2-4-5-3-1;/h2*8-9,19H,5-7,10,12H2,1-4H3;2*1-3H,4H2;. The van der Waals surface area contributed by atoms with Gasteiger partial charge in [0.15, 0.2) is 0 Å². The summed E-state index contributed by atoms with van der Waals surface area (Å²) in [5.74, 6) is -3.03. The van der Waals surface area contributed by atoms with E-state index in [-0.39, 0.29) is 29.9 Å². The molecule has 0 radical (unpaired) electrons. The topological polar surface area (TPSA) is 30.5 Å². The van der Waals surface area contributed by atoms with E-state index in [0.717, 1.165) is 38.5 Å². The second-order valence-electron chi connectivity index (χ2n) is 15.6. The second-order valence-corrected chi connectivity index (χ2v) is 21.5. The molecule has 2 N–H and O–H groups in total. The molecule has 0 saturated carbocycles. The molecule has 0 bridgehead atoms. The van der Waals surface area contributed by atoms with Crippen molar-refractivity contribution in [3.05, 3.63) is 91.7 Å². The zero-order chi connectivity index (χ0) is 37.4. The number of rotatable bonds is 20. The van der Waals surface area contributed by atoms with Gasteiger partial charge in [-0.25, -0.2) is 0 Å². The molecule has 2 aromatic carbocycles. The van der Waals surface area contributed by atoms with Crippen molar-refractivity contribution in [1.29, 1.82) is 0 Å². The van der Waals surface area contributed by atoms with Gasteiger partial charge in [0, 0.05) is 0 Å². The van der Waals surface area contributed by atoms with Crippen molar-refractivity contribution in [3.63, 3.8) is 0 Å². The average molecular weight is 745 g/mol. The van der Waals surface area contributed by atoms with Crippen molar-refractivity contribution in [1.82, 2.24) is 10.9 Å². The number of nitrogens with zero attached hydrogens (tertiary/aromatic N) is 2. The van der Waals surface area contributed by atoms with Crippen molar-refractivity contribution in [2.45, 2.75) is 107 Å². The van der Waals surface area contributed by atoms with Gasteiger partial charge in [-0.2, -0.15) is 0 Å². The molecule has 0 aromatic heterocycles. The van der Waals surface area contributed by atoms with Crippen LogP contribution in [0.1, 0.15) is 107 Å². The van der Waals surface area contributed by atoms with Gasteiger partial charge < -0.3 is 0 Å². The summed E-state index contributed by atoms with van der Waals surface area (Å²) in [6.07, 6.45) is 17.1. The van der Waals surface area contributed by atoms with Crippen molar-refractivity contribution in [2.75, 3.05) is 36.2 Å². The third-order valence-corrected chi connectivity index (χ3v) is 18.8. The third-order valence-electron chi connectivity index (χ3n) is 10.9. The summed E-state index contributed by atoms with van der Waals surface area (Å²) in [6.45, 7) is 19.1. The van der Waals surface area contributed by atoms with E-state index in [1.807, 2.05) is 36.5 Å². The Labute approximate surface area is 308 Å². The van der Waals surface area contributed by atoms with Crippen LogP contribution in [-0.4, -0.2) is 26.2 Å². The van der Waals surface area contributed by atoms with E-state index in [9.17, 15) is 0 Å². The second kappa shape index (κ2) is 17.9. The number of hydrazine groups is 2. The van der Waals surface area contributed by atoms with Crippen LogP contribution in [0, 0.1) is 34.1 Å². The summed E-state index contributed by atoms with van der Waals surface area (Å²) in [6, 6.07) is 5.54. The maximum atomic E-state index is 17.7. The first-order valence-electron chi connectivity index (χ1n) is 19.0. The number of anilines is 2. The summed E-state index contributed by atoms with van der Waals surface area (Å²) in [5.41, 5.74) is 7.17.